The summed E-state index contributed by atoms with van der Waals surface area (Å²) < 4.78 is 10.6. The molecule has 0 saturated carbocycles. The average molecular weight is 449 g/mol. The van der Waals surface area contributed by atoms with Gasteiger partial charge in [-0.2, -0.15) is 4.98 Å². The Bertz CT molecular complexity index is 1250. The van der Waals surface area contributed by atoms with Crippen molar-refractivity contribution in [3.63, 3.8) is 0 Å². The molecule has 0 atom stereocenters. The Morgan fingerprint density at radius 2 is 1.84 bits per heavy atom. The van der Waals surface area contributed by atoms with E-state index in [1.807, 2.05) is 17.5 Å². The maximum atomic E-state index is 12.8. The Balaban J connectivity index is 1.43. The van der Waals surface area contributed by atoms with Gasteiger partial charge < -0.3 is 14.6 Å². The van der Waals surface area contributed by atoms with Crippen molar-refractivity contribution in [2.45, 2.75) is 20.5 Å². The summed E-state index contributed by atoms with van der Waals surface area (Å²) in [6.45, 7) is 3.23. The van der Waals surface area contributed by atoms with Gasteiger partial charge in [0.05, 0.1) is 11.3 Å². The fraction of sp³-hybridized carbons (Fsp3) is 0.136. The van der Waals surface area contributed by atoms with Crippen molar-refractivity contribution < 1.29 is 18.8 Å². The van der Waals surface area contributed by atoms with E-state index in [2.05, 4.69) is 25.8 Å². The molecule has 0 aliphatic heterocycles. The number of aryl methyl sites for hydroxylation is 1. The van der Waals surface area contributed by atoms with Gasteiger partial charge in [-0.1, -0.05) is 29.4 Å². The van der Waals surface area contributed by atoms with Crippen LogP contribution in [0.2, 0.25) is 0 Å². The first kappa shape index (κ1) is 21.2. The van der Waals surface area contributed by atoms with Crippen molar-refractivity contribution in [1.29, 1.82) is 0 Å². The standard InChI is InChI=1S/C22H19N5O4S/c1-13(28)23-16-9-7-15(8-10-16)18-12-32-22(25-18)26-21(29)17-5-3-4-6-19(17)30-11-20-24-14(2)31-27-20/h3-10,12H,11H2,1-2H3,(H,23,28)(H,25,26,29). The molecule has 2 amide bonds. The predicted molar refractivity (Wildman–Crippen MR) is 120 cm³/mol. The van der Waals surface area contributed by atoms with Gasteiger partial charge in [0.2, 0.25) is 17.6 Å². The van der Waals surface area contributed by atoms with Gasteiger partial charge in [0.25, 0.3) is 5.91 Å². The zero-order valence-corrected chi connectivity index (χ0v) is 18.1. The van der Waals surface area contributed by atoms with Crippen LogP contribution in [0, 0.1) is 6.92 Å². The van der Waals surface area contributed by atoms with E-state index in [4.69, 9.17) is 9.26 Å². The lowest BCUT2D eigenvalue weighted by Gasteiger charge is -2.09. The third-order valence-electron chi connectivity index (χ3n) is 4.28. The number of amides is 2. The van der Waals surface area contributed by atoms with Crippen molar-refractivity contribution in [1.82, 2.24) is 15.1 Å². The van der Waals surface area contributed by atoms with Gasteiger partial charge in [0, 0.05) is 30.5 Å². The van der Waals surface area contributed by atoms with Crippen LogP contribution < -0.4 is 15.4 Å². The Kier molecular flexibility index (Phi) is 6.22. The topological polar surface area (TPSA) is 119 Å². The van der Waals surface area contributed by atoms with E-state index in [1.165, 1.54) is 18.3 Å². The number of nitrogens with zero attached hydrogens (tertiary/aromatic N) is 3. The number of carbonyl (C=O) groups is 2. The Morgan fingerprint density at radius 1 is 1.06 bits per heavy atom. The molecule has 0 spiro atoms. The molecule has 0 radical (unpaired) electrons. The number of ether oxygens (including phenoxy) is 1. The minimum absolute atomic E-state index is 0.0809. The zero-order chi connectivity index (χ0) is 22.5. The van der Waals surface area contributed by atoms with Gasteiger partial charge in [-0.05, 0) is 24.3 Å². The predicted octanol–water partition coefficient (Wildman–Crippen LogP) is 4.29. The highest BCUT2D eigenvalue weighted by Gasteiger charge is 2.15. The molecule has 0 fully saturated rings. The number of carbonyl (C=O) groups excluding carboxylic acids is 2. The zero-order valence-electron chi connectivity index (χ0n) is 17.3. The lowest BCUT2D eigenvalue weighted by Crippen LogP contribution is -2.13. The molecule has 0 unspecified atom stereocenters. The van der Waals surface area contributed by atoms with Crippen molar-refractivity contribution in [3.05, 3.63) is 71.2 Å². The monoisotopic (exact) mass is 449 g/mol. The molecule has 0 aliphatic rings. The highest BCUT2D eigenvalue weighted by molar-refractivity contribution is 7.14. The summed E-state index contributed by atoms with van der Waals surface area (Å²) in [7, 11) is 0. The van der Waals surface area contributed by atoms with Crippen molar-refractivity contribution in [2.24, 2.45) is 0 Å². The third kappa shape index (κ3) is 5.16. The van der Waals surface area contributed by atoms with E-state index in [1.54, 1.807) is 43.3 Å². The Morgan fingerprint density at radius 3 is 2.56 bits per heavy atom. The Labute approximate surface area is 187 Å². The molecule has 2 N–H and O–H groups in total. The summed E-state index contributed by atoms with van der Waals surface area (Å²) in [6, 6.07) is 14.2. The number of thiazole rings is 1. The summed E-state index contributed by atoms with van der Waals surface area (Å²) in [5.41, 5.74) is 2.66. The quantitative estimate of drug-likeness (QED) is 0.432. The summed E-state index contributed by atoms with van der Waals surface area (Å²) in [4.78, 5) is 32.6. The summed E-state index contributed by atoms with van der Waals surface area (Å²) in [6.07, 6.45) is 0. The lowest BCUT2D eigenvalue weighted by atomic mass is 10.1. The van der Waals surface area contributed by atoms with E-state index in [9.17, 15) is 9.59 Å². The number of hydrogen-bond acceptors (Lipinski definition) is 8. The van der Waals surface area contributed by atoms with E-state index >= 15 is 0 Å². The molecule has 0 bridgehead atoms. The number of para-hydroxylation sites is 1. The first-order chi connectivity index (χ1) is 15.5. The van der Waals surface area contributed by atoms with Crippen LogP contribution in [0.1, 0.15) is 29.0 Å². The van der Waals surface area contributed by atoms with Crippen LogP contribution in [0.3, 0.4) is 0 Å². The van der Waals surface area contributed by atoms with Gasteiger partial charge in [-0.3, -0.25) is 14.9 Å². The second-order valence-electron chi connectivity index (χ2n) is 6.77. The minimum Gasteiger partial charge on any atom is -0.485 e. The lowest BCUT2D eigenvalue weighted by molar-refractivity contribution is -0.114. The van der Waals surface area contributed by atoms with Crippen LogP contribution in [-0.2, 0) is 11.4 Å². The molecule has 0 saturated heterocycles. The normalized spacial score (nSPS) is 10.6. The summed E-state index contributed by atoms with van der Waals surface area (Å²) >= 11 is 1.32. The van der Waals surface area contributed by atoms with E-state index in [-0.39, 0.29) is 18.4 Å². The number of hydrogen-bond donors (Lipinski definition) is 2. The van der Waals surface area contributed by atoms with Gasteiger partial charge in [-0.15, -0.1) is 11.3 Å². The maximum Gasteiger partial charge on any atom is 0.261 e. The first-order valence-electron chi connectivity index (χ1n) is 9.64. The number of aromatic nitrogens is 3. The number of rotatable bonds is 7. The van der Waals surface area contributed by atoms with Gasteiger partial charge in [0.1, 0.15) is 5.75 Å². The molecule has 2 aromatic heterocycles. The number of nitrogens with one attached hydrogen (secondary N) is 2. The van der Waals surface area contributed by atoms with Gasteiger partial charge in [0.15, 0.2) is 11.7 Å². The Hall–Kier alpha value is -4.05. The summed E-state index contributed by atoms with van der Waals surface area (Å²) in [5, 5.41) is 11.6. The van der Waals surface area contributed by atoms with Crippen LogP contribution in [0.5, 0.6) is 5.75 Å². The molecule has 2 heterocycles. The van der Waals surface area contributed by atoms with Crippen LogP contribution >= 0.6 is 11.3 Å². The number of anilines is 2. The fourth-order valence-corrected chi connectivity index (χ4v) is 3.59. The van der Waals surface area contributed by atoms with Crippen molar-refractivity contribution in [2.75, 3.05) is 10.6 Å². The third-order valence-corrected chi connectivity index (χ3v) is 5.04. The van der Waals surface area contributed by atoms with E-state index < -0.39 is 0 Å². The molecule has 32 heavy (non-hydrogen) atoms. The van der Waals surface area contributed by atoms with Crippen LogP contribution in [0.15, 0.2) is 58.4 Å². The number of benzene rings is 2. The SMILES string of the molecule is CC(=O)Nc1ccc(-c2csc(NC(=O)c3ccccc3OCc3noc(C)n3)n2)cc1. The minimum atomic E-state index is -0.341. The molecule has 162 valence electrons. The van der Waals surface area contributed by atoms with E-state index in [0.29, 0.717) is 33.8 Å². The van der Waals surface area contributed by atoms with Gasteiger partial charge >= 0.3 is 0 Å². The molecule has 9 nitrogen and oxygen atoms in total. The summed E-state index contributed by atoms with van der Waals surface area (Å²) in [5.74, 6) is 0.767. The average Bonchev–Trinajstić information content (AvgIpc) is 3.41. The first-order valence-corrected chi connectivity index (χ1v) is 10.5. The molecule has 0 aliphatic carbocycles. The van der Waals surface area contributed by atoms with Crippen molar-refractivity contribution >= 4 is 34.0 Å². The highest BCUT2D eigenvalue weighted by Crippen LogP contribution is 2.27. The molecule has 4 rings (SSSR count). The largest absolute Gasteiger partial charge is 0.485 e. The molecule has 10 heteroatoms. The molecule has 4 aromatic rings. The van der Waals surface area contributed by atoms with Crippen LogP contribution in [0.4, 0.5) is 10.8 Å². The van der Waals surface area contributed by atoms with Gasteiger partial charge in [-0.25, -0.2) is 4.98 Å². The van der Waals surface area contributed by atoms with Crippen LogP contribution in [0.25, 0.3) is 11.3 Å². The van der Waals surface area contributed by atoms with Crippen LogP contribution in [-0.4, -0.2) is 26.9 Å². The molecular formula is C22H19N5O4S. The maximum absolute atomic E-state index is 12.8. The second-order valence-corrected chi connectivity index (χ2v) is 7.62. The molecule has 2 aromatic carbocycles. The highest BCUT2D eigenvalue weighted by atomic mass is 32.1. The molecular weight excluding hydrogens is 430 g/mol. The van der Waals surface area contributed by atoms with E-state index in [0.717, 1.165) is 11.3 Å². The fourth-order valence-electron chi connectivity index (χ4n) is 2.88. The van der Waals surface area contributed by atoms with Crippen molar-refractivity contribution in [3.8, 4) is 17.0 Å². The smallest absolute Gasteiger partial charge is 0.261 e. The second kappa shape index (κ2) is 9.40.